The van der Waals surface area contributed by atoms with Gasteiger partial charge in [-0.1, -0.05) is 35.5 Å². The first-order chi connectivity index (χ1) is 15.1. The molecular weight excluding hydrogens is 392 g/mol. The van der Waals surface area contributed by atoms with Crippen molar-refractivity contribution in [2.75, 3.05) is 0 Å². The smallest absolute Gasteiger partial charge is 0.339 e. The summed E-state index contributed by atoms with van der Waals surface area (Å²) in [4.78, 5) is 18.0. The Hall–Kier alpha value is -3.93. The fourth-order valence-electron chi connectivity index (χ4n) is 3.98. The number of carbonyl (C=O) groups excluding carboxylic acids is 1. The topological polar surface area (TPSA) is 85.5 Å². The summed E-state index contributed by atoms with van der Waals surface area (Å²) in [5.74, 6) is 0.511. The monoisotopic (exact) mass is 412 g/mol. The van der Waals surface area contributed by atoms with Crippen molar-refractivity contribution in [3.8, 4) is 5.75 Å². The number of esters is 1. The van der Waals surface area contributed by atoms with Crippen LogP contribution in [0.4, 0.5) is 0 Å². The van der Waals surface area contributed by atoms with Gasteiger partial charge in [-0.25, -0.2) is 9.78 Å². The van der Waals surface area contributed by atoms with E-state index in [1.165, 1.54) is 0 Å². The summed E-state index contributed by atoms with van der Waals surface area (Å²) in [7, 11) is 0. The molecule has 6 nitrogen and oxygen atoms in total. The van der Waals surface area contributed by atoms with E-state index in [0.717, 1.165) is 39.7 Å². The second kappa shape index (κ2) is 7.72. The first-order valence-corrected chi connectivity index (χ1v) is 10.1. The minimum atomic E-state index is -0.388. The predicted molar refractivity (Wildman–Crippen MR) is 116 cm³/mol. The Kier molecular flexibility index (Phi) is 4.75. The molecule has 154 valence electrons. The Labute approximate surface area is 178 Å². The second-order valence-electron chi connectivity index (χ2n) is 7.60. The molecule has 0 fully saturated rings. The molecule has 0 radical (unpaired) electrons. The molecule has 0 saturated heterocycles. The number of carbonyl (C=O) groups is 1. The maximum atomic E-state index is 13.1. The van der Waals surface area contributed by atoms with Gasteiger partial charge in [-0.05, 0) is 60.7 Å². The molecule has 1 N–H and O–H groups in total. The summed E-state index contributed by atoms with van der Waals surface area (Å²) in [6.07, 6.45) is 3.55. The van der Waals surface area contributed by atoms with Gasteiger partial charge < -0.3 is 14.4 Å². The highest BCUT2D eigenvalue weighted by Gasteiger charge is 2.27. The molecule has 1 aliphatic rings. The van der Waals surface area contributed by atoms with Crippen molar-refractivity contribution in [3.63, 3.8) is 0 Å². The Balaban J connectivity index is 1.55. The zero-order valence-electron chi connectivity index (χ0n) is 17.0. The van der Waals surface area contributed by atoms with Crippen LogP contribution >= 0.6 is 0 Å². The Bertz CT molecular complexity index is 1320. The van der Waals surface area contributed by atoms with Crippen molar-refractivity contribution in [1.82, 2.24) is 10.1 Å². The summed E-state index contributed by atoms with van der Waals surface area (Å²) >= 11 is 0. The summed E-state index contributed by atoms with van der Waals surface area (Å²) in [5, 5.41) is 14.2. The number of hydrogen-bond acceptors (Lipinski definition) is 6. The lowest BCUT2D eigenvalue weighted by atomic mass is 10.0. The number of nitrogens with zero attached hydrogens (tertiary/aromatic N) is 2. The summed E-state index contributed by atoms with van der Waals surface area (Å²) in [6.45, 7) is 1.85. The Morgan fingerprint density at radius 3 is 2.74 bits per heavy atom. The van der Waals surface area contributed by atoms with Crippen LogP contribution in [0, 0.1) is 6.92 Å². The molecular formula is C25H20N2O4. The van der Waals surface area contributed by atoms with Crippen molar-refractivity contribution in [1.29, 1.82) is 0 Å². The zero-order valence-corrected chi connectivity index (χ0v) is 17.0. The molecule has 1 aliphatic carbocycles. The van der Waals surface area contributed by atoms with Crippen LogP contribution in [0.1, 0.15) is 45.1 Å². The Morgan fingerprint density at radius 2 is 1.97 bits per heavy atom. The molecule has 0 saturated carbocycles. The fourth-order valence-corrected chi connectivity index (χ4v) is 3.98. The number of pyridine rings is 1. The minimum Gasteiger partial charge on any atom is -0.508 e. The van der Waals surface area contributed by atoms with Gasteiger partial charge in [0.15, 0.2) is 0 Å². The van der Waals surface area contributed by atoms with Crippen LogP contribution in [0.2, 0.25) is 0 Å². The molecule has 0 spiro atoms. The van der Waals surface area contributed by atoms with Crippen molar-refractivity contribution in [2.45, 2.75) is 26.4 Å². The van der Waals surface area contributed by atoms with Crippen LogP contribution in [0.5, 0.6) is 5.75 Å². The number of ether oxygens (including phenoxy) is 1. The fraction of sp³-hybridized carbons (Fsp3) is 0.160. The molecule has 2 heterocycles. The first-order valence-electron chi connectivity index (χ1n) is 10.1. The number of phenolic OH excluding ortho intramolecular Hbond substituents is 1. The van der Waals surface area contributed by atoms with Gasteiger partial charge in [0.05, 0.1) is 16.8 Å². The largest absolute Gasteiger partial charge is 0.508 e. The third-order valence-corrected chi connectivity index (χ3v) is 5.41. The van der Waals surface area contributed by atoms with Gasteiger partial charge in [-0.3, -0.25) is 0 Å². The maximum absolute atomic E-state index is 13.1. The average Bonchev–Trinajstić information content (AvgIpc) is 3.37. The van der Waals surface area contributed by atoms with Gasteiger partial charge in [0.25, 0.3) is 0 Å². The number of aromatic nitrogens is 2. The second-order valence-corrected chi connectivity index (χ2v) is 7.60. The van der Waals surface area contributed by atoms with Crippen molar-refractivity contribution in [3.05, 3.63) is 88.4 Å². The van der Waals surface area contributed by atoms with E-state index < -0.39 is 0 Å². The van der Waals surface area contributed by atoms with Gasteiger partial charge in [-0.15, -0.1) is 0 Å². The van der Waals surface area contributed by atoms with Crippen molar-refractivity contribution < 1.29 is 19.2 Å². The quantitative estimate of drug-likeness (QED) is 0.471. The van der Waals surface area contributed by atoms with Crippen molar-refractivity contribution in [2.24, 2.45) is 0 Å². The standard InChI is InChI=1S/C25H20N2O4/c1-15-12-18(27-31-15)14-30-25(29)23-20-4-2-3-5-22(20)26-24-17(8-11-21(23)24)13-16-6-9-19(28)10-7-16/h2-7,9-10,12-13,28H,8,11,14H2,1H3/b17-13+. The van der Waals surface area contributed by atoms with Crippen LogP contribution in [0.25, 0.3) is 22.6 Å². The molecule has 5 rings (SSSR count). The number of rotatable bonds is 4. The van der Waals surface area contributed by atoms with Crippen LogP contribution in [0.15, 0.2) is 59.1 Å². The Morgan fingerprint density at radius 1 is 1.16 bits per heavy atom. The minimum absolute atomic E-state index is 0.0534. The third-order valence-electron chi connectivity index (χ3n) is 5.41. The zero-order chi connectivity index (χ0) is 21.4. The number of hydrogen-bond donors (Lipinski definition) is 1. The third kappa shape index (κ3) is 3.68. The first kappa shape index (κ1) is 19.1. The van der Waals surface area contributed by atoms with Crippen LogP contribution in [-0.4, -0.2) is 21.2 Å². The number of aryl methyl sites for hydroxylation is 1. The van der Waals surface area contributed by atoms with E-state index in [2.05, 4.69) is 11.2 Å². The molecule has 2 aromatic carbocycles. The number of para-hydroxylation sites is 1. The van der Waals surface area contributed by atoms with Crippen LogP contribution in [0.3, 0.4) is 0 Å². The van der Waals surface area contributed by atoms with E-state index >= 15 is 0 Å². The average molecular weight is 412 g/mol. The van der Waals surface area contributed by atoms with Gasteiger partial charge in [-0.2, -0.15) is 0 Å². The van der Waals surface area contributed by atoms with Crippen LogP contribution in [-0.2, 0) is 17.8 Å². The number of allylic oxidation sites excluding steroid dienone is 1. The van der Waals surface area contributed by atoms with E-state index in [-0.39, 0.29) is 18.3 Å². The number of fused-ring (bicyclic) bond motifs is 2. The molecule has 31 heavy (non-hydrogen) atoms. The summed E-state index contributed by atoms with van der Waals surface area (Å²) in [6, 6.07) is 16.4. The molecule has 4 aromatic rings. The van der Waals surface area contributed by atoms with E-state index in [9.17, 15) is 9.90 Å². The van der Waals surface area contributed by atoms with Crippen LogP contribution < -0.4 is 0 Å². The predicted octanol–water partition coefficient (Wildman–Crippen LogP) is 5.08. The van der Waals surface area contributed by atoms with Gasteiger partial charge in [0.2, 0.25) is 0 Å². The van der Waals surface area contributed by atoms with Gasteiger partial charge in [0.1, 0.15) is 23.8 Å². The lowest BCUT2D eigenvalue weighted by molar-refractivity contribution is 0.0465. The highest BCUT2D eigenvalue weighted by molar-refractivity contribution is 6.07. The molecule has 0 unspecified atom stereocenters. The molecule has 6 heteroatoms. The van der Waals surface area contributed by atoms with Gasteiger partial charge in [0, 0.05) is 11.5 Å². The normalized spacial score (nSPS) is 14.2. The number of phenols is 1. The lowest BCUT2D eigenvalue weighted by Crippen LogP contribution is -2.10. The highest BCUT2D eigenvalue weighted by Crippen LogP contribution is 2.38. The lowest BCUT2D eigenvalue weighted by Gasteiger charge is -2.12. The molecule has 0 aliphatic heterocycles. The van der Waals surface area contributed by atoms with E-state index in [4.69, 9.17) is 14.2 Å². The van der Waals surface area contributed by atoms with E-state index in [1.54, 1.807) is 25.1 Å². The number of aromatic hydroxyl groups is 1. The van der Waals surface area contributed by atoms with Gasteiger partial charge >= 0.3 is 5.97 Å². The maximum Gasteiger partial charge on any atom is 0.339 e. The highest BCUT2D eigenvalue weighted by atomic mass is 16.5. The van der Waals surface area contributed by atoms with Crippen molar-refractivity contribution >= 4 is 28.5 Å². The summed E-state index contributed by atoms with van der Waals surface area (Å²) < 4.78 is 10.6. The SMILES string of the molecule is Cc1cc(COC(=O)c2c3c(nc4ccccc24)/C(=C/c2ccc(O)cc2)CC3)no1. The molecule has 0 atom stereocenters. The molecule has 2 aromatic heterocycles. The van der Waals surface area contributed by atoms with E-state index in [1.807, 2.05) is 36.4 Å². The summed E-state index contributed by atoms with van der Waals surface area (Å²) in [5.41, 5.74) is 5.67. The van der Waals surface area contributed by atoms with E-state index in [0.29, 0.717) is 23.4 Å². The number of benzene rings is 2. The molecule has 0 bridgehead atoms. The molecule has 0 amide bonds.